The largest absolute Gasteiger partial charge is 0.497 e. The van der Waals surface area contributed by atoms with E-state index in [-0.39, 0.29) is 5.91 Å². The third-order valence-corrected chi connectivity index (χ3v) is 8.66. The monoisotopic (exact) mass is 710 g/mol. The molecule has 244 valence electrons. The number of amides is 1. The summed E-state index contributed by atoms with van der Waals surface area (Å²) in [6.07, 6.45) is 3.28. The van der Waals surface area contributed by atoms with Crippen LogP contribution in [0.2, 0.25) is 20.4 Å². The van der Waals surface area contributed by atoms with Crippen molar-refractivity contribution in [3.8, 4) is 33.8 Å². The van der Waals surface area contributed by atoms with Crippen LogP contribution in [0.1, 0.15) is 19.4 Å². The van der Waals surface area contributed by atoms with Gasteiger partial charge in [0, 0.05) is 52.5 Å². The average molecular weight is 713 g/mol. The molecule has 2 heterocycles. The van der Waals surface area contributed by atoms with Gasteiger partial charge >= 0.3 is 0 Å². The summed E-state index contributed by atoms with van der Waals surface area (Å²) in [5, 5.41) is 5.09. The number of hydrogen-bond donors (Lipinski definition) is 1. The fraction of sp³-hybridized carbons (Fsp3) is 0.194. The number of carbonyl (C=O) groups excluding carboxylic acids is 1. The van der Waals surface area contributed by atoms with Crippen LogP contribution in [0.25, 0.3) is 22.3 Å². The lowest BCUT2D eigenvalue weighted by Gasteiger charge is -2.31. The first-order valence-electron chi connectivity index (χ1n) is 14.4. The van der Waals surface area contributed by atoms with Crippen LogP contribution in [0.3, 0.4) is 0 Å². The van der Waals surface area contributed by atoms with Crippen LogP contribution in [0.15, 0.2) is 91.3 Å². The van der Waals surface area contributed by atoms with Gasteiger partial charge in [-0.25, -0.2) is 9.97 Å². The van der Waals surface area contributed by atoms with Crippen LogP contribution in [-0.4, -0.2) is 44.2 Å². The van der Waals surface area contributed by atoms with Crippen molar-refractivity contribution in [3.63, 3.8) is 0 Å². The summed E-state index contributed by atoms with van der Waals surface area (Å²) < 4.78 is 10.8. The van der Waals surface area contributed by atoms with Gasteiger partial charge in [-0.3, -0.25) is 4.79 Å². The summed E-state index contributed by atoms with van der Waals surface area (Å²) >= 11 is 24.6. The lowest BCUT2D eigenvalue weighted by molar-refractivity contribution is -0.122. The second-order valence-corrected chi connectivity index (χ2v) is 12.5. The van der Waals surface area contributed by atoms with Gasteiger partial charge in [-0.15, -0.1) is 0 Å². The Morgan fingerprint density at radius 1 is 0.723 bits per heavy atom. The van der Waals surface area contributed by atoms with Crippen molar-refractivity contribution in [3.05, 3.63) is 117 Å². The Hall–Kier alpha value is -4.01. The molecule has 0 fully saturated rings. The lowest BCUT2D eigenvalue weighted by atomic mass is 9.82. The molecule has 0 saturated carbocycles. The maximum Gasteiger partial charge on any atom is 0.236 e. The number of rotatable bonds is 8. The highest BCUT2D eigenvalue weighted by atomic mass is 35.5. The molecule has 0 aliphatic rings. The van der Waals surface area contributed by atoms with Gasteiger partial charge in [0.2, 0.25) is 5.91 Å². The number of aromatic nitrogens is 2. The summed E-state index contributed by atoms with van der Waals surface area (Å²) in [4.78, 5) is 23.5. The molecule has 0 radical (unpaired) electrons. The van der Waals surface area contributed by atoms with Crippen LogP contribution in [0.5, 0.6) is 11.5 Å². The van der Waals surface area contributed by atoms with E-state index in [1.165, 1.54) is 0 Å². The highest BCUT2D eigenvalue weighted by molar-refractivity contribution is 6.34. The van der Waals surface area contributed by atoms with Crippen LogP contribution in [0.4, 0.5) is 11.4 Å². The zero-order chi connectivity index (χ0) is 34.3. The molecule has 5 rings (SSSR count). The summed E-state index contributed by atoms with van der Waals surface area (Å²) in [5.74, 6) is 1.09. The highest BCUT2D eigenvalue weighted by Gasteiger charge is 2.35. The van der Waals surface area contributed by atoms with E-state index >= 15 is 0 Å². The smallest absolute Gasteiger partial charge is 0.236 e. The Balaban J connectivity index is 0.000000261. The lowest BCUT2D eigenvalue weighted by Crippen LogP contribution is -2.41. The maximum atomic E-state index is 13.7. The molecule has 3 aromatic carbocycles. The minimum atomic E-state index is -0.881. The third kappa shape index (κ3) is 8.29. The molecule has 2 aromatic heterocycles. The highest BCUT2D eigenvalue weighted by Crippen LogP contribution is 2.39. The van der Waals surface area contributed by atoms with Crippen molar-refractivity contribution < 1.29 is 14.3 Å². The molecule has 47 heavy (non-hydrogen) atoms. The van der Waals surface area contributed by atoms with Gasteiger partial charge in [0.1, 0.15) is 21.8 Å². The maximum absolute atomic E-state index is 13.7. The number of ether oxygens (including phenoxy) is 2. The van der Waals surface area contributed by atoms with Crippen LogP contribution >= 0.6 is 46.4 Å². The minimum absolute atomic E-state index is 0.139. The molecule has 0 aliphatic heterocycles. The van der Waals surface area contributed by atoms with Crippen molar-refractivity contribution in [1.29, 1.82) is 0 Å². The average Bonchev–Trinajstić information content (AvgIpc) is 3.08. The van der Waals surface area contributed by atoms with Crippen LogP contribution in [0, 0.1) is 0 Å². The van der Waals surface area contributed by atoms with Crippen molar-refractivity contribution in [1.82, 2.24) is 9.97 Å². The van der Waals surface area contributed by atoms with Crippen molar-refractivity contribution in [2.75, 3.05) is 38.5 Å². The third-order valence-electron chi connectivity index (χ3n) is 7.59. The van der Waals surface area contributed by atoms with E-state index in [9.17, 15) is 4.79 Å². The number of carbonyl (C=O) groups is 1. The second-order valence-electron chi connectivity index (χ2n) is 10.9. The SMILES string of the molecule is CNc1cnc(Cl)cc1-c1ccccc1Cl.COc1cc(OC)cc(C(C)(C)C(=O)N(C)c2cnc(Cl)cc2-c2ccccc2Cl)c1. The summed E-state index contributed by atoms with van der Waals surface area (Å²) in [5.41, 5.74) is 4.77. The fourth-order valence-corrected chi connectivity index (χ4v) is 5.73. The number of hydrogen-bond acceptors (Lipinski definition) is 6. The van der Waals surface area contributed by atoms with E-state index in [0.717, 1.165) is 33.5 Å². The molecular weight excluding hydrogens is 678 g/mol. The Labute approximate surface area is 295 Å². The van der Waals surface area contributed by atoms with E-state index in [2.05, 4.69) is 15.3 Å². The Bertz CT molecular complexity index is 1860. The van der Waals surface area contributed by atoms with Gasteiger partial charge in [0.25, 0.3) is 0 Å². The minimum Gasteiger partial charge on any atom is -0.497 e. The van der Waals surface area contributed by atoms with Gasteiger partial charge in [-0.05, 0) is 55.8 Å². The molecule has 0 bridgehead atoms. The van der Waals surface area contributed by atoms with Gasteiger partial charge < -0.3 is 19.7 Å². The van der Waals surface area contributed by atoms with E-state index in [1.807, 2.05) is 75.5 Å². The predicted octanol–water partition coefficient (Wildman–Crippen LogP) is 10.1. The van der Waals surface area contributed by atoms with Crippen LogP contribution in [-0.2, 0) is 10.2 Å². The topological polar surface area (TPSA) is 76.6 Å². The van der Waals surface area contributed by atoms with Gasteiger partial charge in [0.05, 0.1) is 43.4 Å². The molecule has 1 N–H and O–H groups in total. The number of anilines is 2. The Kier molecular flexibility index (Phi) is 12.0. The zero-order valence-electron chi connectivity index (χ0n) is 26.7. The summed E-state index contributed by atoms with van der Waals surface area (Å²) in [6.45, 7) is 3.72. The molecule has 0 spiro atoms. The number of halogens is 4. The molecule has 0 saturated heterocycles. The molecular formula is C36H34Cl4N4O3. The van der Waals surface area contributed by atoms with E-state index in [1.54, 1.807) is 62.8 Å². The number of benzene rings is 3. The predicted molar refractivity (Wildman–Crippen MR) is 195 cm³/mol. The van der Waals surface area contributed by atoms with E-state index in [0.29, 0.717) is 37.5 Å². The number of methoxy groups -OCH3 is 2. The molecule has 0 aliphatic carbocycles. The summed E-state index contributed by atoms with van der Waals surface area (Å²) in [6, 6.07) is 24.0. The molecule has 11 heteroatoms. The number of pyridine rings is 2. The van der Waals surface area contributed by atoms with Gasteiger partial charge in [-0.2, -0.15) is 0 Å². The summed E-state index contributed by atoms with van der Waals surface area (Å²) in [7, 11) is 6.71. The number of nitrogens with zero attached hydrogens (tertiary/aromatic N) is 3. The second kappa shape index (κ2) is 15.7. The van der Waals surface area contributed by atoms with Crippen molar-refractivity contribution in [2.45, 2.75) is 19.3 Å². The molecule has 7 nitrogen and oxygen atoms in total. The molecule has 0 atom stereocenters. The van der Waals surface area contributed by atoms with E-state index < -0.39 is 5.41 Å². The fourth-order valence-electron chi connectivity index (χ4n) is 4.94. The quantitative estimate of drug-likeness (QED) is 0.162. The molecule has 0 unspecified atom stereocenters. The van der Waals surface area contributed by atoms with Gasteiger partial charge in [0.15, 0.2) is 0 Å². The first-order chi connectivity index (χ1) is 22.4. The van der Waals surface area contributed by atoms with E-state index in [4.69, 9.17) is 55.9 Å². The first kappa shape index (κ1) is 35.8. The van der Waals surface area contributed by atoms with Gasteiger partial charge in [-0.1, -0.05) is 82.8 Å². The first-order valence-corrected chi connectivity index (χ1v) is 15.9. The number of likely N-dealkylation sites (N-methyl/N-ethyl adjacent to an activating group) is 1. The Morgan fingerprint density at radius 2 is 1.21 bits per heavy atom. The zero-order valence-corrected chi connectivity index (χ0v) is 29.8. The normalized spacial score (nSPS) is 10.9. The van der Waals surface area contributed by atoms with Crippen molar-refractivity contribution in [2.24, 2.45) is 0 Å². The Morgan fingerprint density at radius 3 is 1.72 bits per heavy atom. The molecule has 1 amide bonds. The standard InChI is InChI=1S/C24H24Cl2N2O3.C12H10Cl2N2/c1-24(2,15-10-16(30-4)12-17(11-15)31-5)23(29)28(3)21-14-27-22(26)13-19(21)18-8-6-7-9-20(18)25;1-15-11-7-16-12(14)6-9(11)8-4-2-3-5-10(8)13/h6-14H,1-5H3;2-7,15H,1H3. The van der Waals surface area contributed by atoms with Crippen LogP contribution < -0.4 is 19.7 Å². The van der Waals surface area contributed by atoms with Crippen molar-refractivity contribution >= 4 is 63.7 Å². The number of nitrogens with one attached hydrogen (secondary N) is 1. The molecule has 5 aromatic rings.